The normalized spacial score (nSPS) is 19.3. The third-order valence-electron chi connectivity index (χ3n) is 4.19. The van der Waals surface area contributed by atoms with Crippen LogP contribution in [0.3, 0.4) is 0 Å². The van der Waals surface area contributed by atoms with E-state index in [0.29, 0.717) is 26.2 Å². The maximum atomic E-state index is 12.4. The number of amides is 2. The maximum absolute atomic E-state index is 12.4. The molecule has 23 heavy (non-hydrogen) atoms. The van der Waals surface area contributed by atoms with Gasteiger partial charge in [-0.2, -0.15) is 0 Å². The van der Waals surface area contributed by atoms with Crippen LogP contribution in [0, 0.1) is 5.92 Å². The van der Waals surface area contributed by atoms with Crippen LogP contribution in [0.25, 0.3) is 0 Å². The van der Waals surface area contributed by atoms with E-state index in [1.807, 2.05) is 24.3 Å². The van der Waals surface area contributed by atoms with E-state index >= 15 is 0 Å². The molecule has 1 aliphatic rings. The minimum Gasteiger partial charge on any atom is -0.348 e. The number of hydrogen-bond acceptors (Lipinski definition) is 3. The van der Waals surface area contributed by atoms with Crippen LogP contribution in [-0.2, 0) is 16.1 Å². The summed E-state index contributed by atoms with van der Waals surface area (Å²) >= 11 is 6.25. The molecule has 2 rings (SSSR count). The molecule has 0 aromatic heterocycles. The van der Waals surface area contributed by atoms with Gasteiger partial charge in [0.1, 0.15) is 0 Å². The number of hydrogen-bond donors (Lipinski definition) is 0. The van der Waals surface area contributed by atoms with Crippen molar-refractivity contribution in [2.45, 2.75) is 13.5 Å². The molecule has 0 bridgehead atoms. The highest BCUT2D eigenvalue weighted by Crippen LogP contribution is 2.20. The third-order valence-corrected chi connectivity index (χ3v) is 4.56. The zero-order valence-corrected chi connectivity index (χ0v) is 14.7. The molecule has 1 atom stereocenters. The SMILES string of the molecule is CC(=O)N1CCN(Cc2ccccc2Cl)C[C@H](C(=O)N(C)C)C1. The zero-order chi connectivity index (χ0) is 17.0. The molecule has 2 amide bonds. The monoisotopic (exact) mass is 337 g/mol. The molecule has 1 heterocycles. The summed E-state index contributed by atoms with van der Waals surface area (Å²) in [7, 11) is 3.51. The van der Waals surface area contributed by atoms with Crippen LogP contribution in [0.2, 0.25) is 5.02 Å². The third kappa shape index (κ3) is 4.69. The van der Waals surface area contributed by atoms with Gasteiger partial charge in [-0.25, -0.2) is 0 Å². The van der Waals surface area contributed by atoms with Gasteiger partial charge in [-0.1, -0.05) is 29.8 Å². The molecule has 1 aromatic rings. The fourth-order valence-corrected chi connectivity index (χ4v) is 3.09. The van der Waals surface area contributed by atoms with E-state index in [2.05, 4.69) is 4.90 Å². The molecule has 0 aliphatic carbocycles. The molecule has 0 N–H and O–H groups in total. The van der Waals surface area contributed by atoms with E-state index in [0.717, 1.165) is 17.1 Å². The molecule has 5 nitrogen and oxygen atoms in total. The summed E-state index contributed by atoms with van der Waals surface area (Å²) in [6.07, 6.45) is 0. The fraction of sp³-hybridized carbons (Fsp3) is 0.529. The molecule has 1 aliphatic heterocycles. The van der Waals surface area contributed by atoms with Gasteiger partial charge in [0.15, 0.2) is 0 Å². The first-order chi connectivity index (χ1) is 10.9. The van der Waals surface area contributed by atoms with Gasteiger partial charge in [-0.3, -0.25) is 14.5 Å². The lowest BCUT2D eigenvalue weighted by molar-refractivity contribution is -0.135. The second kappa shape index (κ2) is 7.79. The van der Waals surface area contributed by atoms with Gasteiger partial charge in [0.05, 0.1) is 5.92 Å². The fourth-order valence-electron chi connectivity index (χ4n) is 2.90. The van der Waals surface area contributed by atoms with Crippen LogP contribution >= 0.6 is 11.6 Å². The predicted molar refractivity (Wildman–Crippen MR) is 91.2 cm³/mol. The maximum Gasteiger partial charge on any atom is 0.228 e. The van der Waals surface area contributed by atoms with Gasteiger partial charge in [-0.05, 0) is 11.6 Å². The molecule has 1 aromatic carbocycles. The lowest BCUT2D eigenvalue weighted by atomic mass is 10.1. The number of carbonyl (C=O) groups is 2. The Balaban J connectivity index is 2.15. The smallest absolute Gasteiger partial charge is 0.228 e. The van der Waals surface area contributed by atoms with E-state index in [1.54, 1.807) is 30.8 Å². The van der Waals surface area contributed by atoms with E-state index in [9.17, 15) is 9.59 Å². The summed E-state index contributed by atoms with van der Waals surface area (Å²) in [6.45, 7) is 4.72. The van der Waals surface area contributed by atoms with Crippen LogP contribution in [-0.4, -0.2) is 66.8 Å². The van der Waals surface area contributed by atoms with E-state index in [-0.39, 0.29) is 17.7 Å². The van der Waals surface area contributed by atoms with E-state index in [4.69, 9.17) is 11.6 Å². The Morgan fingerprint density at radius 1 is 1.22 bits per heavy atom. The van der Waals surface area contributed by atoms with Gasteiger partial charge in [0.25, 0.3) is 0 Å². The number of halogens is 1. The van der Waals surface area contributed by atoms with Crippen molar-refractivity contribution in [1.29, 1.82) is 0 Å². The second-order valence-electron chi connectivity index (χ2n) is 6.22. The Bertz CT molecular complexity index is 577. The Hall–Kier alpha value is -1.59. The summed E-state index contributed by atoms with van der Waals surface area (Å²) in [4.78, 5) is 29.8. The Kier molecular flexibility index (Phi) is 6.02. The lowest BCUT2D eigenvalue weighted by Gasteiger charge is -2.26. The molecule has 126 valence electrons. The van der Waals surface area contributed by atoms with Crippen molar-refractivity contribution >= 4 is 23.4 Å². The zero-order valence-electron chi connectivity index (χ0n) is 14.0. The molecular formula is C17H24ClN3O2. The number of nitrogens with zero attached hydrogens (tertiary/aromatic N) is 3. The van der Waals surface area contributed by atoms with Gasteiger partial charge < -0.3 is 9.80 Å². The van der Waals surface area contributed by atoms with Crippen molar-refractivity contribution in [2.75, 3.05) is 40.3 Å². The molecule has 0 radical (unpaired) electrons. The first-order valence-corrected chi connectivity index (χ1v) is 8.18. The Morgan fingerprint density at radius 2 is 1.91 bits per heavy atom. The van der Waals surface area contributed by atoms with Crippen molar-refractivity contribution < 1.29 is 9.59 Å². The van der Waals surface area contributed by atoms with E-state index in [1.165, 1.54) is 0 Å². The van der Waals surface area contributed by atoms with Crippen LogP contribution < -0.4 is 0 Å². The lowest BCUT2D eigenvalue weighted by Crippen LogP contribution is -2.41. The molecule has 0 saturated carbocycles. The van der Waals surface area contributed by atoms with Gasteiger partial charge in [0.2, 0.25) is 11.8 Å². The molecule has 1 fully saturated rings. The van der Waals surface area contributed by atoms with Crippen molar-refractivity contribution in [2.24, 2.45) is 5.92 Å². The minimum atomic E-state index is -0.209. The number of rotatable bonds is 3. The van der Waals surface area contributed by atoms with Crippen molar-refractivity contribution in [1.82, 2.24) is 14.7 Å². The highest BCUT2D eigenvalue weighted by molar-refractivity contribution is 6.31. The average molecular weight is 338 g/mol. The Morgan fingerprint density at radius 3 is 2.52 bits per heavy atom. The molecule has 0 unspecified atom stereocenters. The van der Waals surface area contributed by atoms with Crippen LogP contribution in [0.5, 0.6) is 0 Å². The highest BCUT2D eigenvalue weighted by Gasteiger charge is 2.30. The standard InChI is InChI=1S/C17H24ClN3O2/c1-13(22)21-9-8-20(10-14-6-4-5-7-16(14)18)11-15(12-21)17(23)19(2)3/h4-7,15H,8-12H2,1-3H3/t15-/m0/s1. The summed E-state index contributed by atoms with van der Waals surface area (Å²) in [5.41, 5.74) is 1.04. The largest absolute Gasteiger partial charge is 0.348 e. The average Bonchev–Trinajstić information content (AvgIpc) is 2.71. The van der Waals surface area contributed by atoms with E-state index < -0.39 is 0 Å². The second-order valence-corrected chi connectivity index (χ2v) is 6.63. The molecule has 1 saturated heterocycles. The minimum absolute atomic E-state index is 0.0150. The molecule has 6 heteroatoms. The highest BCUT2D eigenvalue weighted by atomic mass is 35.5. The summed E-state index contributed by atoms with van der Waals surface area (Å²) in [6, 6.07) is 7.74. The molecule has 0 spiro atoms. The van der Waals surface area contributed by atoms with Crippen molar-refractivity contribution in [3.63, 3.8) is 0 Å². The van der Waals surface area contributed by atoms with Crippen molar-refractivity contribution in [3.8, 4) is 0 Å². The summed E-state index contributed by atoms with van der Waals surface area (Å²) < 4.78 is 0. The van der Waals surface area contributed by atoms with Crippen LogP contribution in [0.15, 0.2) is 24.3 Å². The first-order valence-electron chi connectivity index (χ1n) is 7.81. The summed E-state index contributed by atoms with van der Waals surface area (Å²) in [5.74, 6) is -0.137. The Labute approximate surface area is 142 Å². The van der Waals surface area contributed by atoms with Gasteiger partial charge in [0, 0.05) is 58.8 Å². The molecular weight excluding hydrogens is 314 g/mol. The number of benzene rings is 1. The first kappa shape index (κ1) is 17.8. The number of carbonyl (C=O) groups excluding carboxylic acids is 2. The predicted octanol–water partition coefficient (Wildman–Crippen LogP) is 1.71. The van der Waals surface area contributed by atoms with Crippen LogP contribution in [0.1, 0.15) is 12.5 Å². The van der Waals surface area contributed by atoms with Gasteiger partial charge >= 0.3 is 0 Å². The summed E-state index contributed by atoms with van der Waals surface area (Å²) in [5, 5.41) is 0.732. The topological polar surface area (TPSA) is 43.9 Å². The van der Waals surface area contributed by atoms with Crippen LogP contribution in [0.4, 0.5) is 0 Å². The van der Waals surface area contributed by atoms with Crippen molar-refractivity contribution in [3.05, 3.63) is 34.9 Å². The quantitative estimate of drug-likeness (QED) is 0.843. The van der Waals surface area contributed by atoms with Gasteiger partial charge in [-0.15, -0.1) is 0 Å².